The molecule has 0 unspecified atom stereocenters. The number of esters is 2. The van der Waals surface area contributed by atoms with Crippen LogP contribution in [0.1, 0.15) is 89.5 Å². The lowest BCUT2D eigenvalue weighted by Gasteiger charge is -2.14. The Bertz CT molecular complexity index is 763. The van der Waals surface area contributed by atoms with E-state index in [9.17, 15) is 9.59 Å². The molecular weight excluding hydrogens is 364 g/mol. The number of unbranched alkanes of at least 4 members (excludes halogenated alkanes) is 5. The van der Waals surface area contributed by atoms with Crippen LogP contribution in [-0.4, -0.2) is 11.9 Å². The van der Waals surface area contributed by atoms with Gasteiger partial charge in [0.25, 0.3) is 0 Å². The first kappa shape index (κ1) is 21.4. The molecule has 4 heteroatoms. The molecule has 1 aromatic carbocycles. The summed E-state index contributed by atoms with van der Waals surface area (Å²) in [6.07, 6.45) is 14.7. The Kier molecular flexibility index (Phi) is 8.09. The Morgan fingerprint density at radius 1 is 0.966 bits per heavy atom. The molecule has 2 aliphatic rings. The number of allylic oxidation sites excluding steroid dienone is 1. The zero-order valence-electron chi connectivity index (χ0n) is 17.5. The maximum Gasteiger partial charge on any atom is 0.343 e. The fourth-order valence-electron chi connectivity index (χ4n) is 3.93. The van der Waals surface area contributed by atoms with Gasteiger partial charge < -0.3 is 9.47 Å². The Hall–Kier alpha value is -2.36. The fourth-order valence-corrected chi connectivity index (χ4v) is 3.93. The van der Waals surface area contributed by atoms with Gasteiger partial charge in [-0.25, -0.2) is 4.79 Å². The molecule has 0 aromatic heterocycles. The molecule has 1 aromatic rings. The molecule has 1 aliphatic carbocycles. The molecule has 1 fully saturated rings. The molecule has 3 rings (SSSR count). The minimum Gasteiger partial charge on any atom is -0.427 e. The van der Waals surface area contributed by atoms with Gasteiger partial charge in [0.1, 0.15) is 11.5 Å². The van der Waals surface area contributed by atoms with Crippen molar-refractivity contribution in [2.45, 2.75) is 84.0 Å². The van der Waals surface area contributed by atoms with Gasteiger partial charge in [0.15, 0.2) is 0 Å². The third kappa shape index (κ3) is 6.31. The number of hydrogen-bond acceptors (Lipinski definition) is 4. The van der Waals surface area contributed by atoms with Crippen LogP contribution in [0.2, 0.25) is 0 Å². The van der Waals surface area contributed by atoms with E-state index in [-0.39, 0.29) is 11.9 Å². The van der Waals surface area contributed by atoms with Crippen LogP contribution in [0.25, 0.3) is 5.76 Å². The van der Waals surface area contributed by atoms with E-state index in [1.807, 2.05) is 18.2 Å². The van der Waals surface area contributed by atoms with E-state index < -0.39 is 0 Å². The van der Waals surface area contributed by atoms with Gasteiger partial charge >= 0.3 is 11.9 Å². The van der Waals surface area contributed by atoms with Crippen LogP contribution in [0, 0.1) is 0 Å². The highest BCUT2D eigenvalue weighted by Crippen LogP contribution is 2.33. The highest BCUT2D eigenvalue weighted by atomic mass is 16.5. The van der Waals surface area contributed by atoms with Crippen LogP contribution in [-0.2, 0) is 14.3 Å². The van der Waals surface area contributed by atoms with Crippen LogP contribution >= 0.6 is 0 Å². The minimum absolute atomic E-state index is 0.191. The zero-order chi connectivity index (χ0) is 20.5. The van der Waals surface area contributed by atoms with Crippen LogP contribution < -0.4 is 4.74 Å². The molecule has 1 heterocycles. The van der Waals surface area contributed by atoms with E-state index in [1.165, 1.54) is 37.7 Å². The Morgan fingerprint density at radius 3 is 2.38 bits per heavy atom. The van der Waals surface area contributed by atoms with Crippen molar-refractivity contribution in [2.24, 2.45) is 0 Å². The normalized spacial score (nSPS) is 16.6. The van der Waals surface area contributed by atoms with E-state index in [4.69, 9.17) is 9.47 Å². The van der Waals surface area contributed by atoms with Gasteiger partial charge in [-0.3, -0.25) is 4.79 Å². The number of carbonyl (C=O) groups is 2. The Labute approximate surface area is 174 Å². The van der Waals surface area contributed by atoms with Crippen LogP contribution in [0.3, 0.4) is 0 Å². The predicted octanol–water partition coefficient (Wildman–Crippen LogP) is 6.50. The van der Waals surface area contributed by atoms with Crippen molar-refractivity contribution in [3.63, 3.8) is 0 Å². The second-order valence-corrected chi connectivity index (χ2v) is 7.99. The summed E-state index contributed by atoms with van der Waals surface area (Å²) < 4.78 is 10.9. The summed E-state index contributed by atoms with van der Waals surface area (Å²) >= 11 is 0. The first-order chi connectivity index (χ1) is 14.2. The van der Waals surface area contributed by atoms with E-state index in [0.717, 1.165) is 49.7 Å². The maximum absolute atomic E-state index is 12.3. The molecule has 0 N–H and O–H groups in total. The van der Waals surface area contributed by atoms with Crippen molar-refractivity contribution in [1.82, 2.24) is 0 Å². The molecular formula is C25H32O4. The van der Waals surface area contributed by atoms with Crippen molar-refractivity contribution in [3.05, 3.63) is 47.1 Å². The second-order valence-electron chi connectivity index (χ2n) is 7.99. The molecule has 156 valence electrons. The molecule has 0 radical (unpaired) electrons. The van der Waals surface area contributed by atoms with Crippen molar-refractivity contribution in [3.8, 4) is 5.75 Å². The van der Waals surface area contributed by atoms with Gasteiger partial charge in [0, 0.05) is 12.0 Å². The summed E-state index contributed by atoms with van der Waals surface area (Å²) in [7, 11) is 0. The number of ether oxygens (including phenoxy) is 2. The molecule has 0 saturated heterocycles. The van der Waals surface area contributed by atoms with Crippen LogP contribution in [0.4, 0.5) is 0 Å². The van der Waals surface area contributed by atoms with Gasteiger partial charge in [-0.2, -0.15) is 0 Å². The molecule has 1 aliphatic heterocycles. The number of hydrogen-bond donors (Lipinski definition) is 0. The molecule has 0 amide bonds. The lowest BCUT2D eigenvalue weighted by molar-refractivity contribution is -0.134. The average molecular weight is 397 g/mol. The largest absolute Gasteiger partial charge is 0.427 e. The van der Waals surface area contributed by atoms with Crippen molar-refractivity contribution < 1.29 is 19.1 Å². The van der Waals surface area contributed by atoms with Gasteiger partial charge in [-0.1, -0.05) is 51.0 Å². The van der Waals surface area contributed by atoms with Crippen molar-refractivity contribution >= 4 is 17.7 Å². The lowest BCUT2D eigenvalue weighted by atomic mass is 9.91. The maximum atomic E-state index is 12.3. The smallest absolute Gasteiger partial charge is 0.343 e. The van der Waals surface area contributed by atoms with E-state index in [0.29, 0.717) is 17.9 Å². The summed E-state index contributed by atoms with van der Waals surface area (Å²) in [5.74, 6) is 0.670. The summed E-state index contributed by atoms with van der Waals surface area (Å²) in [4.78, 5) is 24.2. The highest BCUT2D eigenvalue weighted by molar-refractivity contribution is 6.02. The number of carbonyl (C=O) groups excluding carboxylic acids is 2. The van der Waals surface area contributed by atoms with E-state index in [1.54, 1.807) is 12.1 Å². The number of cyclic esters (lactones) is 1. The van der Waals surface area contributed by atoms with E-state index >= 15 is 0 Å². The minimum atomic E-state index is -0.244. The summed E-state index contributed by atoms with van der Waals surface area (Å²) in [5, 5.41) is 0. The van der Waals surface area contributed by atoms with Gasteiger partial charge in [-0.05, 0) is 62.4 Å². The topological polar surface area (TPSA) is 52.6 Å². The van der Waals surface area contributed by atoms with Crippen molar-refractivity contribution in [2.75, 3.05) is 0 Å². The van der Waals surface area contributed by atoms with Gasteiger partial charge in [-0.15, -0.1) is 0 Å². The predicted molar refractivity (Wildman–Crippen MR) is 114 cm³/mol. The fraction of sp³-hybridized carbons (Fsp3) is 0.520. The second kappa shape index (κ2) is 11.0. The van der Waals surface area contributed by atoms with Gasteiger partial charge in [0.2, 0.25) is 0 Å². The van der Waals surface area contributed by atoms with Crippen LogP contribution in [0.5, 0.6) is 5.75 Å². The standard InChI is InChI=1S/C25H32O4/c1-2-3-4-5-6-10-13-24(26)28-21-16-14-20(15-17-21)23-18-22(25(27)29-23)19-11-8-7-9-12-19/h14-18H,2-13H2,1H3. The summed E-state index contributed by atoms with van der Waals surface area (Å²) in [5.41, 5.74) is 2.77. The molecule has 0 spiro atoms. The van der Waals surface area contributed by atoms with E-state index in [2.05, 4.69) is 6.92 Å². The SMILES string of the molecule is CCCCCCCCC(=O)Oc1ccc(C2=CC(=C3CCCCC3)C(=O)O2)cc1. The quantitative estimate of drug-likeness (QED) is 0.207. The molecule has 0 atom stereocenters. The molecule has 4 nitrogen and oxygen atoms in total. The molecule has 29 heavy (non-hydrogen) atoms. The van der Waals surface area contributed by atoms with Crippen molar-refractivity contribution in [1.29, 1.82) is 0 Å². The summed E-state index contributed by atoms with van der Waals surface area (Å²) in [6, 6.07) is 7.19. The zero-order valence-corrected chi connectivity index (χ0v) is 17.5. The monoisotopic (exact) mass is 396 g/mol. The summed E-state index contributed by atoms with van der Waals surface area (Å²) in [6.45, 7) is 2.20. The molecule has 1 saturated carbocycles. The Morgan fingerprint density at radius 2 is 1.66 bits per heavy atom. The molecule has 0 bridgehead atoms. The lowest BCUT2D eigenvalue weighted by Crippen LogP contribution is -2.07. The third-order valence-corrected chi connectivity index (χ3v) is 5.64. The van der Waals surface area contributed by atoms with Crippen LogP contribution in [0.15, 0.2) is 41.5 Å². The number of benzene rings is 1. The first-order valence-electron chi connectivity index (χ1n) is 11.1. The average Bonchev–Trinajstić information content (AvgIpc) is 3.13. The number of rotatable bonds is 9. The Balaban J connectivity index is 1.51. The van der Waals surface area contributed by atoms with Gasteiger partial charge in [0.05, 0.1) is 5.57 Å². The highest BCUT2D eigenvalue weighted by Gasteiger charge is 2.25. The third-order valence-electron chi connectivity index (χ3n) is 5.64. The first-order valence-corrected chi connectivity index (χ1v) is 11.1.